The Morgan fingerprint density at radius 1 is 1.12 bits per heavy atom. The maximum Gasteiger partial charge on any atom is 0.0475 e. The van der Waals surface area contributed by atoms with Crippen molar-refractivity contribution in [2.75, 3.05) is 25.0 Å². The number of ether oxygens (including phenoxy) is 1. The van der Waals surface area contributed by atoms with Gasteiger partial charge in [0.05, 0.1) is 0 Å². The van der Waals surface area contributed by atoms with Crippen LogP contribution in [0.2, 0.25) is 0 Å². The van der Waals surface area contributed by atoms with Crippen molar-refractivity contribution in [2.24, 2.45) is 0 Å². The summed E-state index contributed by atoms with van der Waals surface area (Å²) in [5, 5.41) is 0. The second-order valence-electron chi connectivity index (χ2n) is 4.36. The molecule has 0 unspecified atom stereocenters. The first kappa shape index (κ1) is 14.8. The molecule has 1 nitrogen and oxygen atoms in total. The molecule has 1 aromatic carbocycles. The van der Waals surface area contributed by atoms with Crippen LogP contribution in [0.25, 0.3) is 0 Å². The Bertz CT molecular complexity index is 317. The van der Waals surface area contributed by atoms with Gasteiger partial charge in [-0.2, -0.15) is 0 Å². The van der Waals surface area contributed by atoms with E-state index in [1.807, 2.05) is 6.92 Å². The number of alkyl halides is 2. The van der Waals surface area contributed by atoms with Gasteiger partial charge in [0.25, 0.3) is 0 Å². The van der Waals surface area contributed by atoms with E-state index in [0.29, 0.717) is 18.4 Å². The van der Waals surface area contributed by atoms with E-state index in [9.17, 15) is 0 Å². The molecule has 0 aliphatic rings. The molecule has 0 bridgehead atoms. The molecule has 0 spiro atoms. The Morgan fingerprint density at radius 2 is 1.71 bits per heavy atom. The van der Waals surface area contributed by atoms with Crippen LogP contribution in [0.15, 0.2) is 24.3 Å². The smallest absolute Gasteiger partial charge is 0.0475 e. The first-order valence-corrected chi connectivity index (χ1v) is 7.02. The lowest BCUT2D eigenvalue weighted by atomic mass is 9.81. The van der Waals surface area contributed by atoms with Crippen molar-refractivity contribution in [3.05, 3.63) is 35.4 Å². The summed E-state index contributed by atoms with van der Waals surface area (Å²) >= 11 is 12.3. The molecule has 0 atom stereocenters. The molecule has 1 rings (SSSR count). The fraction of sp³-hybridized carbons (Fsp3) is 0.571. The standard InChI is InChI=1S/C14H20Cl2O/c1-3-17-9-8-14(10-15,11-16)13-6-4-12(2)5-7-13/h4-7H,3,8-11H2,1-2H3. The molecular formula is C14H20Cl2O. The van der Waals surface area contributed by atoms with Gasteiger partial charge in [-0.15, -0.1) is 23.2 Å². The summed E-state index contributed by atoms with van der Waals surface area (Å²) in [6.07, 6.45) is 0.858. The van der Waals surface area contributed by atoms with Gasteiger partial charge in [0, 0.05) is 30.4 Å². The number of aryl methyl sites for hydroxylation is 1. The number of halogens is 2. The normalized spacial score (nSPS) is 11.8. The van der Waals surface area contributed by atoms with Crippen molar-refractivity contribution >= 4 is 23.2 Å². The molecule has 96 valence electrons. The molecule has 0 saturated heterocycles. The molecule has 1 aromatic rings. The van der Waals surface area contributed by atoms with E-state index in [1.165, 1.54) is 11.1 Å². The minimum absolute atomic E-state index is 0.175. The van der Waals surface area contributed by atoms with Crippen molar-refractivity contribution in [2.45, 2.75) is 25.7 Å². The Labute approximate surface area is 114 Å². The molecule has 0 heterocycles. The lowest BCUT2D eigenvalue weighted by Crippen LogP contribution is -2.32. The summed E-state index contributed by atoms with van der Waals surface area (Å²) in [5.41, 5.74) is 2.27. The summed E-state index contributed by atoms with van der Waals surface area (Å²) in [5.74, 6) is 1.04. The molecule has 0 aliphatic heterocycles. The highest BCUT2D eigenvalue weighted by atomic mass is 35.5. The first-order chi connectivity index (χ1) is 8.18. The maximum absolute atomic E-state index is 6.14. The lowest BCUT2D eigenvalue weighted by molar-refractivity contribution is 0.131. The van der Waals surface area contributed by atoms with E-state index in [4.69, 9.17) is 27.9 Å². The third-order valence-corrected chi connectivity index (χ3v) is 4.13. The minimum Gasteiger partial charge on any atom is -0.382 e. The zero-order valence-corrected chi connectivity index (χ0v) is 12.0. The van der Waals surface area contributed by atoms with E-state index in [2.05, 4.69) is 31.2 Å². The van der Waals surface area contributed by atoms with Crippen LogP contribution in [0.3, 0.4) is 0 Å². The van der Waals surface area contributed by atoms with Crippen LogP contribution in [0, 0.1) is 6.92 Å². The van der Waals surface area contributed by atoms with Gasteiger partial charge in [0.2, 0.25) is 0 Å². The van der Waals surface area contributed by atoms with Gasteiger partial charge in [-0.05, 0) is 25.8 Å². The molecule has 0 radical (unpaired) electrons. The van der Waals surface area contributed by atoms with Crippen molar-refractivity contribution < 1.29 is 4.74 Å². The van der Waals surface area contributed by atoms with Crippen molar-refractivity contribution in [1.29, 1.82) is 0 Å². The third-order valence-electron chi connectivity index (χ3n) is 3.10. The van der Waals surface area contributed by atoms with Crippen LogP contribution in [0.5, 0.6) is 0 Å². The van der Waals surface area contributed by atoms with E-state index >= 15 is 0 Å². The van der Waals surface area contributed by atoms with Crippen LogP contribution in [-0.2, 0) is 10.2 Å². The van der Waals surface area contributed by atoms with Crippen molar-refractivity contribution in [1.82, 2.24) is 0 Å². The molecule has 0 fully saturated rings. The summed E-state index contributed by atoms with van der Waals surface area (Å²) in [7, 11) is 0. The van der Waals surface area contributed by atoms with Crippen LogP contribution in [0.1, 0.15) is 24.5 Å². The Kier molecular flexibility index (Phi) is 6.32. The largest absolute Gasteiger partial charge is 0.382 e. The Morgan fingerprint density at radius 3 is 2.18 bits per heavy atom. The number of hydrogen-bond donors (Lipinski definition) is 0. The SMILES string of the molecule is CCOCCC(CCl)(CCl)c1ccc(C)cc1. The van der Waals surface area contributed by atoms with Gasteiger partial charge in [-0.3, -0.25) is 0 Å². The second-order valence-corrected chi connectivity index (χ2v) is 4.90. The lowest BCUT2D eigenvalue weighted by Gasteiger charge is -2.30. The monoisotopic (exact) mass is 274 g/mol. The fourth-order valence-corrected chi connectivity index (χ4v) is 2.65. The zero-order chi connectivity index (χ0) is 12.7. The third kappa shape index (κ3) is 3.87. The van der Waals surface area contributed by atoms with Crippen LogP contribution >= 0.6 is 23.2 Å². The van der Waals surface area contributed by atoms with Crippen LogP contribution in [-0.4, -0.2) is 25.0 Å². The summed E-state index contributed by atoms with van der Waals surface area (Å²) in [6.45, 7) is 5.50. The summed E-state index contributed by atoms with van der Waals surface area (Å²) in [4.78, 5) is 0. The Hall–Kier alpha value is -0.240. The van der Waals surface area contributed by atoms with Gasteiger partial charge in [0.1, 0.15) is 0 Å². The summed E-state index contributed by atoms with van der Waals surface area (Å²) < 4.78 is 5.42. The highest BCUT2D eigenvalue weighted by Crippen LogP contribution is 2.31. The summed E-state index contributed by atoms with van der Waals surface area (Å²) in [6, 6.07) is 8.44. The predicted molar refractivity (Wildman–Crippen MR) is 75.4 cm³/mol. The molecule has 17 heavy (non-hydrogen) atoms. The first-order valence-electron chi connectivity index (χ1n) is 5.95. The predicted octanol–water partition coefficient (Wildman–Crippen LogP) is 4.14. The zero-order valence-electron chi connectivity index (χ0n) is 10.5. The highest BCUT2D eigenvalue weighted by molar-refractivity contribution is 6.22. The fourth-order valence-electron chi connectivity index (χ4n) is 1.79. The van der Waals surface area contributed by atoms with Gasteiger partial charge in [-0.1, -0.05) is 29.8 Å². The van der Waals surface area contributed by atoms with E-state index in [1.54, 1.807) is 0 Å². The molecule has 0 amide bonds. The van der Waals surface area contributed by atoms with Gasteiger partial charge >= 0.3 is 0 Å². The van der Waals surface area contributed by atoms with E-state index in [-0.39, 0.29) is 5.41 Å². The highest BCUT2D eigenvalue weighted by Gasteiger charge is 2.30. The second kappa shape index (κ2) is 7.25. The van der Waals surface area contributed by atoms with Crippen LogP contribution < -0.4 is 0 Å². The van der Waals surface area contributed by atoms with E-state index in [0.717, 1.165) is 13.0 Å². The maximum atomic E-state index is 6.14. The molecule has 3 heteroatoms. The number of rotatable bonds is 7. The molecule has 0 N–H and O–H groups in total. The van der Waals surface area contributed by atoms with Gasteiger partial charge in [-0.25, -0.2) is 0 Å². The Balaban J connectivity index is 2.85. The van der Waals surface area contributed by atoms with Crippen LogP contribution in [0.4, 0.5) is 0 Å². The molecule has 0 aliphatic carbocycles. The van der Waals surface area contributed by atoms with Crippen molar-refractivity contribution in [3.8, 4) is 0 Å². The van der Waals surface area contributed by atoms with Gasteiger partial charge in [0.15, 0.2) is 0 Å². The average molecular weight is 275 g/mol. The quantitative estimate of drug-likeness (QED) is 0.537. The average Bonchev–Trinajstić information content (AvgIpc) is 2.37. The van der Waals surface area contributed by atoms with E-state index < -0.39 is 0 Å². The number of benzene rings is 1. The molecule has 0 saturated carbocycles. The minimum atomic E-state index is -0.175. The molecular weight excluding hydrogens is 255 g/mol. The van der Waals surface area contributed by atoms with Crippen molar-refractivity contribution in [3.63, 3.8) is 0 Å². The number of hydrogen-bond acceptors (Lipinski definition) is 1. The molecule has 0 aromatic heterocycles. The van der Waals surface area contributed by atoms with Gasteiger partial charge < -0.3 is 4.74 Å². The topological polar surface area (TPSA) is 9.23 Å².